The molecule has 0 aromatic heterocycles. The first-order chi connectivity index (χ1) is 11.8. The number of nitrogens with one attached hydrogen (secondary N) is 1. The van der Waals surface area contributed by atoms with Crippen LogP contribution >= 0.6 is 12.4 Å². The number of nitrogens with zero attached hydrogens (tertiary/aromatic N) is 1. The minimum Gasteiger partial charge on any atom is -0.493 e. The smallest absolute Gasteiger partial charge is 0.203 e. The Morgan fingerprint density at radius 2 is 1.68 bits per heavy atom. The summed E-state index contributed by atoms with van der Waals surface area (Å²) in [6, 6.07) is 2.13. The van der Waals surface area contributed by atoms with E-state index in [1.165, 1.54) is 43.6 Å². The minimum atomic E-state index is 0. The van der Waals surface area contributed by atoms with Crippen LogP contribution in [0.2, 0.25) is 0 Å². The molecule has 0 bridgehead atoms. The molecule has 2 aliphatic rings. The Morgan fingerprint density at radius 3 is 2.32 bits per heavy atom. The summed E-state index contributed by atoms with van der Waals surface area (Å²) in [5.41, 5.74) is 2.61. The van der Waals surface area contributed by atoms with Crippen molar-refractivity contribution < 1.29 is 14.2 Å². The lowest BCUT2D eigenvalue weighted by atomic mass is 9.97. The molecule has 1 saturated heterocycles. The van der Waals surface area contributed by atoms with Crippen LogP contribution in [-0.2, 0) is 12.8 Å². The fourth-order valence-corrected chi connectivity index (χ4v) is 4.04. The van der Waals surface area contributed by atoms with Crippen molar-refractivity contribution in [3.8, 4) is 17.2 Å². The predicted molar refractivity (Wildman–Crippen MR) is 103 cm³/mol. The number of halogens is 1. The van der Waals surface area contributed by atoms with Crippen LogP contribution in [0.25, 0.3) is 0 Å². The fraction of sp³-hybridized carbons (Fsp3) is 0.684. The Kier molecular flexibility index (Phi) is 7.66. The van der Waals surface area contributed by atoms with E-state index in [9.17, 15) is 0 Å². The van der Waals surface area contributed by atoms with Crippen molar-refractivity contribution in [2.24, 2.45) is 5.92 Å². The zero-order valence-corrected chi connectivity index (χ0v) is 16.4. The number of benzene rings is 1. The zero-order chi connectivity index (χ0) is 16.9. The van der Waals surface area contributed by atoms with Crippen LogP contribution in [0.3, 0.4) is 0 Å². The lowest BCUT2D eigenvalue weighted by molar-refractivity contribution is 0.213. The maximum atomic E-state index is 5.69. The molecular formula is C19H31ClN2O3. The van der Waals surface area contributed by atoms with Gasteiger partial charge in [0.15, 0.2) is 11.5 Å². The highest BCUT2D eigenvalue weighted by molar-refractivity contribution is 5.85. The monoisotopic (exact) mass is 370 g/mol. The highest BCUT2D eigenvalue weighted by atomic mass is 35.5. The largest absolute Gasteiger partial charge is 0.493 e. The maximum Gasteiger partial charge on any atom is 0.203 e. The first-order valence-electron chi connectivity index (χ1n) is 9.00. The van der Waals surface area contributed by atoms with E-state index in [-0.39, 0.29) is 12.4 Å². The lowest BCUT2D eigenvalue weighted by Crippen LogP contribution is -2.37. The van der Waals surface area contributed by atoms with E-state index in [0.717, 1.165) is 43.3 Å². The van der Waals surface area contributed by atoms with Crippen molar-refractivity contribution in [2.75, 3.05) is 54.1 Å². The van der Waals surface area contributed by atoms with Crippen molar-refractivity contribution in [1.82, 2.24) is 10.2 Å². The predicted octanol–water partition coefficient (Wildman–Crippen LogP) is 2.53. The Morgan fingerprint density at radius 1 is 1.00 bits per heavy atom. The minimum absolute atomic E-state index is 0. The van der Waals surface area contributed by atoms with Gasteiger partial charge in [0.2, 0.25) is 5.75 Å². The van der Waals surface area contributed by atoms with Crippen LogP contribution in [0.1, 0.15) is 24.0 Å². The van der Waals surface area contributed by atoms with Crippen LogP contribution in [0, 0.1) is 5.92 Å². The van der Waals surface area contributed by atoms with E-state index in [0.29, 0.717) is 5.75 Å². The summed E-state index contributed by atoms with van der Waals surface area (Å²) in [6.07, 6.45) is 4.64. The van der Waals surface area contributed by atoms with Gasteiger partial charge in [-0.3, -0.25) is 0 Å². The molecule has 142 valence electrons. The number of methoxy groups -OCH3 is 3. The summed E-state index contributed by atoms with van der Waals surface area (Å²) < 4.78 is 16.7. The molecule has 1 aromatic rings. The van der Waals surface area contributed by atoms with Crippen LogP contribution < -0.4 is 19.5 Å². The van der Waals surface area contributed by atoms with Gasteiger partial charge in [0.05, 0.1) is 21.3 Å². The molecule has 0 unspecified atom stereocenters. The Bertz CT molecular complexity index is 562. The molecule has 3 rings (SSSR count). The van der Waals surface area contributed by atoms with Gasteiger partial charge in [-0.15, -0.1) is 12.4 Å². The third-order valence-corrected chi connectivity index (χ3v) is 5.38. The van der Waals surface area contributed by atoms with Crippen molar-refractivity contribution in [1.29, 1.82) is 0 Å². The fourth-order valence-electron chi connectivity index (χ4n) is 4.04. The molecule has 0 atom stereocenters. The second kappa shape index (κ2) is 9.51. The normalized spacial score (nSPS) is 18.7. The average molecular weight is 371 g/mol. The van der Waals surface area contributed by atoms with E-state index < -0.39 is 0 Å². The standard InChI is InChI=1S/C19H30N2O3.ClH/c1-22-17-12-15-6-10-21(13-14-4-8-20-9-5-14)11-7-16(15)18(23-2)19(17)24-3;/h12,14,20H,4-11,13H2,1-3H3;1H. The number of ether oxygens (including phenoxy) is 3. The number of hydrogen-bond acceptors (Lipinski definition) is 5. The molecule has 25 heavy (non-hydrogen) atoms. The van der Waals surface area contributed by atoms with Gasteiger partial charge < -0.3 is 24.4 Å². The second-order valence-corrected chi connectivity index (χ2v) is 6.78. The number of rotatable bonds is 5. The second-order valence-electron chi connectivity index (χ2n) is 6.78. The summed E-state index contributed by atoms with van der Waals surface area (Å²) in [7, 11) is 5.08. The van der Waals surface area contributed by atoms with Crippen LogP contribution in [0.5, 0.6) is 17.2 Å². The molecule has 6 heteroatoms. The summed E-state index contributed by atoms with van der Waals surface area (Å²) in [5, 5.41) is 3.46. The third-order valence-electron chi connectivity index (χ3n) is 5.38. The van der Waals surface area contributed by atoms with Gasteiger partial charge in [-0.05, 0) is 56.3 Å². The first kappa shape index (κ1) is 20.1. The summed E-state index contributed by atoms with van der Waals surface area (Å²) in [6.45, 7) is 5.74. The van der Waals surface area contributed by atoms with Crippen LogP contribution in [0.4, 0.5) is 0 Å². The summed E-state index contributed by atoms with van der Waals surface area (Å²) >= 11 is 0. The molecular weight excluding hydrogens is 340 g/mol. The molecule has 2 aliphatic heterocycles. The first-order valence-corrected chi connectivity index (χ1v) is 9.00. The van der Waals surface area contributed by atoms with Gasteiger partial charge in [0.25, 0.3) is 0 Å². The molecule has 1 N–H and O–H groups in total. The molecule has 0 saturated carbocycles. The van der Waals surface area contributed by atoms with Gasteiger partial charge in [0, 0.05) is 25.2 Å². The van der Waals surface area contributed by atoms with Gasteiger partial charge in [0.1, 0.15) is 0 Å². The lowest BCUT2D eigenvalue weighted by Gasteiger charge is -2.29. The van der Waals surface area contributed by atoms with Crippen LogP contribution in [0.15, 0.2) is 6.07 Å². The van der Waals surface area contributed by atoms with Gasteiger partial charge in [-0.1, -0.05) is 0 Å². The molecule has 0 amide bonds. The zero-order valence-electron chi connectivity index (χ0n) is 15.6. The number of piperidine rings is 1. The highest BCUT2D eigenvalue weighted by Gasteiger charge is 2.25. The molecule has 0 spiro atoms. The summed E-state index contributed by atoms with van der Waals surface area (Å²) in [4.78, 5) is 2.62. The maximum absolute atomic E-state index is 5.69. The Balaban J connectivity index is 0.00000225. The molecule has 5 nitrogen and oxygen atoms in total. The molecule has 1 fully saturated rings. The van der Waals surface area contributed by atoms with Crippen LogP contribution in [-0.4, -0.2) is 59.0 Å². The van der Waals surface area contributed by atoms with Gasteiger partial charge >= 0.3 is 0 Å². The van der Waals surface area contributed by atoms with Crippen molar-refractivity contribution in [2.45, 2.75) is 25.7 Å². The number of fused-ring (bicyclic) bond motifs is 1. The van der Waals surface area contributed by atoms with Gasteiger partial charge in [-0.25, -0.2) is 0 Å². The summed E-state index contributed by atoms with van der Waals surface area (Å²) in [5.74, 6) is 3.15. The van der Waals surface area contributed by atoms with E-state index >= 15 is 0 Å². The SMILES string of the molecule is COc1cc2c(c(OC)c1OC)CCN(CC1CCNCC1)CC2.Cl. The number of hydrogen-bond donors (Lipinski definition) is 1. The van der Waals surface area contributed by atoms with E-state index in [4.69, 9.17) is 14.2 Å². The van der Waals surface area contributed by atoms with E-state index in [1.807, 2.05) is 0 Å². The Labute approximate surface area is 157 Å². The topological polar surface area (TPSA) is 43.0 Å². The highest BCUT2D eigenvalue weighted by Crippen LogP contribution is 2.43. The van der Waals surface area contributed by atoms with Crippen molar-refractivity contribution in [3.05, 3.63) is 17.2 Å². The average Bonchev–Trinajstić information content (AvgIpc) is 2.83. The molecule has 2 heterocycles. The van der Waals surface area contributed by atoms with Crippen molar-refractivity contribution in [3.63, 3.8) is 0 Å². The van der Waals surface area contributed by atoms with E-state index in [2.05, 4.69) is 16.3 Å². The quantitative estimate of drug-likeness (QED) is 0.862. The van der Waals surface area contributed by atoms with Crippen molar-refractivity contribution >= 4 is 12.4 Å². The molecule has 0 radical (unpaired) electrons. The Hall–Kier alpha value is -1.17. The molecule has 1 aromatic carbocycles. The van der Waals surface area contributed by atoms with E-state index in [1.54, 1.807) is 21.3 Å². The molecule has 0 aliphatic carbocycles. The van der Waals surface area contributed by atoms with Gasteiger partial charge in [-0.2, -0.15) is 0 Å². The third kappa shape index (κ3) is 4.52.